The Morgan fingerprint density at radius 3 is 2.48 bits per heavy atom. The van der Waals surface area contributed by atoms with E-state index in [0.717, 1.165) is 16.8 Å². The van der Waals surface area contributed by atoms with Gasteiger partial charge in [0, 0.05) is 6.04 Å². The molecule has 0 aliphatic carbocycles. The quantitative estimate of drug-likeness (QED) is 0.741. The summed E-state index contributed by atoms with van der Waals surface area (Å²) in [6.45, 7) is 3.64. The zero-order valence-corrected chi connectivity index (χ0v) is 15.3. The summed E-state index contributed by atoms with van der Waals surface area (Å²) >= 11 is 6.09. The first-order valence-corrected chi connectivity index (χ1v) is 9.46. The second-order valence-corrected chi connectivity index (χ2v) is 7.80. The van der Waals surface area contributed by atoms with Crippen molar-refractivity contribution in [3.8, 4) is 5.69 Å². The summed E-state index contributed by atoms with van der Waals surface area (Å²) in [7, 11) is -3.72. The van der Waals surface area contributed by atoms with Crippen LogP contribution >= 0.6 is 11.6 Å². The van der Waals surface area contributed by atoms with Crippen LogP contribution in [0, 0.1) is 6.92 Å². The molecule has 0 saturated heterocycles. The molecule has 0 saturated carbocycles. The van der Waals surface area contributed by atoms with Crippen LogP contribution in [-0.2, 0) is 10.0 Å². The molecular formula is C17H17ClN4O2S. The van der Waals surface area contributed by atoms with Gasteiger partial charge in [-0.05, 0) is 49.2 Å². The van der Waals surface area contributed by atoms with E-state index in [-0.39, 0.29) is 9.92 Å². The molecule has 0 aliphatic rings. The van der Waals surface area contributed by atoms with Gasteiger partial charge in [-0.1, -0.05) is 29.8 Å². The van der Waals surface area contributed by atoms with E-state index in [1.54, 1.807) is 30.1 Å². The third-order valence-electron chi connectivity index (χ3n) is 3.79. The van der Waals surface area contributed by atoms with E-state index in [2.05, 4.69) is 14.8 Å². The third-order valence-corrected chi connectivity index (χ3v) is 5.81. The standard InChI is InChI=1S/C17H17ClN4O2S/c1-12-3-8-17(16(18)9-12)25(23,24)21-13(2)14-4-6-15(7-5-14)22-11-19-10-20-22/h3-11,13,21H,1-2H3. The second kappa shape index (κ2) is 6.95. The molecule has 1 atom stereocenters. The Morgan fingerprint density at radius 2 is 1.88 bits per heavy atom. The van der Waals surface area contributed by atoms with Crippen molar-refractivity contribution >= 4 is 21.6 Å². The molecule has 25 heavy (non-hydrogen) atoms. The van der Waals surface area contributed by atoms with Crippen molar-refractivity contribution in [2.24, 2.45) is 0 Å². The average Bonchev–Trinajstić information content (AvgIpc) is 3.08. The lowest BCUT2D eigenvalue weighted by Crippen LogP contribution is -2.27. The van der Waals surface area contributed by atoms with E-state index in [1.165, 1.54) is 12.4 Å². The molecule has 1 aromatic heterocycles. The van der Waals surface area contributed by atoms with E-state index in [0.29, 0.717) is 0 Å². The second-order valence-electron chi connectivity index (χ2n) is 5.71. The summed E-state index contributed by atoms with van der Waals surface area (Å²) in [5, 5.41) is 4.27. The summed E-state index contributed by atoms with van der Waals surface area (Å²) < 4.78 is 29.5. The van der Waals surface area contributed by atoms with Gasteiger partial charge in [0.05, 0.1) is 10.7 Å². The molecule has 1 N–H and O–H groups in total. The Labute approximate surface area is 151 Å². The van der Waals surface area contributed by atoms with Crippen molar-refractivity contribution in [3.63, 3.8) is 0 Å². The predicted octanol–water partition coefficient (Wildman–Crippen LogP) is 3.27. The van der Waals surface area contributed by atoms with Crippen molar-refractivity contribution in [1.29, 1.82) is 0 Å². The summed E-state index contributed by atoms with van der Waals surface area (Å²) in [6.07, 6.45) is 3.05. The first-order valence-electron chi connectivity index (χ1n) is 7.60. The normalized spacial score (nSPS) is 12.9. The number of rotatable bonds is 5. The molecule has 0 amide bonds. The number of sulfonamides is 1. The monoisotopic (exact) mass is 376 g/mol. The first kappa shape index (κ1) is 17.6. The molecule has 130 valence electrons. The number of aromatic nitrogens is 3. The topological polar surface area (TPSA) is 76.9 Å². The Morgan fingerprint density at radius 1 is 1.16 bits per heavy atom. The molecule has 1 unspecified atom stereocenters. The number of aryl methyl sites for hydroxylation is 1. The molecule has 8 heteroatoms. The van der Waals surface area contributed by atoms with Gasteiger partial charge in [0.2, 0.25) is 10.0 Å². The maximum Gasteiger partial charge on any atom is 0.242 e. The van der Waals surface area contributed by atoms with Gasteiger partial charge < -0.3 is 0 Å². The lowest BCUT2D eigenvalue weighted by molar-refractivity contribution is 0.567. The van der Waals surface area contributed by atoms with Gasteiger partial charge in [-0.15, -0.1) is 0 Å². The van der Waals surface area contributed by atoms with Gasteiger partial charge in [0.1, 0.15) is 17.6 Å². The molecule has 0 spiro atoms. The minimum absolute atomic E-state index is 0.0749. The van der Waals surface area contributed by atoms with Crippen LogP contribution in [0.4, 0.5) is 0 Å². The van der Waals surface area contributed by atoms with Gasteiger partial charge in [0.15, 0.2) is 0 Å². The van der Waals surface area contributed by atoms with E-state index in [9.17, 15) is 8.42 Å². The molecule has 2 aromatic carbocycles. The lowest BCUT2D eigenvalue weighted by Gasteiger charge is -2.16. The SMILES string of the molecule is Cc1ccc(S(=O)(=O)NC(C)c2ccc(-n3cncn3)cc2)c(Cl)c1. The highest BCUT2D eigenvalue weighted by Crippen LogP contribution is 2.24. The average molecular weight is 377 g/mol. The van der Waals surface area contributed by atoms with Crippen LogP contribution in [0.5, 0.6) is 0 Å². The number of halogens is 1. The van der Waals surface area contributed by atoms with Crippen LogP contribution in [0.3, 0.4) is 0 Å². The number of hydrogen-bond acceptors (Lipinski definition) is 4. The zero-order valence-electron chi connectivity index (χ0n) is 13.7. The maximum absolute atomic E-state index is 12.6. The Balaban J connectivity index is 1.80. The van der Waals surface area contributed by atoms with Gasteiger partial charge in [-0.3, -0.25) is 0 Å². The van der Waals surface area contributed by atoms with Crippen molar-refractivity contribution in [2.75, 3.05) is 0 Å². The fourth-order valence-electron chi connectivity index (χ4n) is 2.45. The fraction of sp³-hybridized carbons (Fsp3) is 0.176. The summed E-state index contributed by atoms with van der Waals surface area (Å²) in [5.74, 6) is 0. The Kier molecular flexibility index (Phi) is 4.89. The van der Waals surface area contributed by atoms with Gasteiger partial charge >= 0.3 is 0 Å². The van der Waals surface area contributed by atoms with Gasteiger partial charge in [0.25, 0.3) is 0 Å². The van der Waals surface area contributed by atoms with Crippen LogP contribution in [0.1, 0.15) is 24.1 Å². The fourth-order valence-corrected chi connectivity index (χ4v) is 4.28. The highest BCUT2D eigenvalue weighted by atomic mass is 35.5. The van der Waals surface area contributed by atoms with Crippen molar-refractivity contribution in [3.05, 3.63) is 71.3 Å². The van der Waals surface area contributed by atoms with Crippen molar-refractivity contribution in [1.82, 2.24) is 19.5 Å². The van der Waals surface area contributed by atoms with Crippen LogP contribution in [-0.4, -0.2) is 23.2 Å². The molecule has 0 radical (unpaired) electrons. The summed E-state index contributed by atoms with van der Waals surface area (Å²) in [4.78, 5) is 3.98. The molecule has 1 heterocycles. The number of nitrogens with one attached hydrogen (secondary N) is 1. The Hall–Kier alpha value is -2.22. The van der Waals surface area contributed by atoms with E-state index < -0.39 is 16.1 Å². The predicted molar refractivity (Wildman–Crippen MR) is 96.3 cm³/mol. The molecule has 3 aromatic rings. The zero-order chi connectivity index (χ0) is 18.0. The van der Waals surface area contributed by atoms with Crippen LogP contribution < -0.4 is 4.72 Å². The van der Waals surface area contributed by atoms with Gasteiger partial charge in [-0.25, -0.2) is 22.8 Å². The first-order chi connectivity index (χ1) is 11.9. The van der Waals surface area contributed by atoms with E-state index in [4.69, 9.17) is 11.6 Å². The molecular weight excluding hydrogens is 360 g/mol. The lowest BCUT2D eigenvalue weighted by atomic mass is 10.1. The highest BCUT2D eigenvalue weighted by Gasteiger charge is 2.21. The Bertz CT molecular complexity index is 970. The number of hydrogen-bond donors (Lipinski definition) is 1. The minimum atomic E-state index is -3.72. The van der Waals surface area contributed by atoms with Crippen LogP contribution in [0.25, 0.3) is 5.69 Å². The molecule has 0 aliphatic heterocycles. The van der Waals surface area contributed by atoms with Gasteiger partial charge in [-0.2, -0.15) is 5.10 Å². The summed E-state index contributed by atoms with van der Waals surface area (Å²) in [6, 6.07) is 11.9. The maximum atomic E-state index is 12.6. The number of nitrogens with zero attached hydrogens (tertiary/aromatic N) is 3. The number of benzene rings is 2. The largest absolute Gasteiger partial charge is 0.242 e. The molecule has 6 nitrogen and oxygen atoms in total. The highest BCUT2D eigenvalue weighted by molar-refractivity contribution is 7.89. The smallest absolute Gasteiger partial charge is 0.223 e. The van der Waals surface area contributed by atoms with Crippen LogP contribution in [0.2, 0.25) is 5.02 Å². The van der Waals surface area contributed by atoms with E-state index >= 15 is 0 Å². The molecule has 0 bridgehead atoms. The molecule has 0 fully saturated rings. The molecule has 3 rings (SSSR count). The minimum Gasteiger partial charge on any atom is -0.223 e. The summed E-state index contributed by atoms with van der Waals surface area (Å²) in [5.41, 5.74) is 2.58. The van der Waals surface area contributed by atoms with E-state index in [1.807, 2.05) is 31.2 Å². The van der Waals surface area contributed by atoms with Crippen LogP contribution in [0.15, 0.2) is 60.0 Å². The third kappa shape index (κ3) is 3.89. The van der Waals surface area contributed by atoms with Crippen molar-refractivity contribution < 1.29 is 8.42 Å². The van der Waals surface area contributed by atoms with Crippen molar-refractivity contribution in [2.45, 2.75) is 24.8 Å².